The minimum Gasteiger partial charge on any atom is -0.478 e. The molecule has 0 unspecified atom stereocenters. The van der Waals surface area contributed by atoms with Crippen LogP contribution in [0.1, 0.15) is 21.5 Å². The molecule has 0 spiro atoms. The molecule has 2 aromatic carbocycles. The zero-order chi connectivity index (χ0) is 18.1. The molecular formula is C19H15F2NO3. The van der Waals surface area contributed by atoms with E-state index in [0.29, 0.717) is 22.2 Å². The van der Waals surface area contributed by atoms with Gasteiger partial charge in [-0.3, -0.25) is 0 Å². The number of pyridine rings is 1. The third-order valence-corrected chi connectivity index (χ3v) is 4.03. The molecule has 0 bridgehead atoms. The molecule has 0 fully saturated rings. The number of nitrogens with zero attached hydrogens (tertiary/aromatic N) is 1. The van der Waals surface area contributed by atoms with E-state index in [1.807, 2.05) is 26.0 Å². The number of hydrogen-bond donors (Lipinski definition) is 1. The summed E-state index contributed by atoms with van der Waals surface area (Å²) < 4.78 is 28.8. The summed E-state index contributed by atoms with van der Waals surface area (Å²) in [4.78, 5) is 16.2. The number of carboxylic acids is 1. The Morgan fingerprint density at radius 2 is 1.72 bits per heavy atom. The van der Waals surface area contributed by atoms with Gasteiger partial charge in [-0.05, 0) is 67.4 Å². The summed E-state index contributed by atoms with van der Waals surface area (Å²) in [7, 11) is 0. The van der Waals surface area contributed by atoms with Gasteiger partial charge >= 0.3 is 12.6 Å². The number of halogens is 2. The second-order valence-corrected chi connectivity index (χ2v) is 5.72. The van der Waals surface area contributed by atoms with Crippen LogP contribution in [0.2, 0.25) is 0 Å². The highest BCUT2D eigenvalue weighted by atomic mass is 19.3. The molecule has 3 rings (SSSR count). The lowest BCUT2D eigenvalue weighted by Gasteiger charge is -2.10. The van der Waals surface area contributed by atoms with E-state index >= 15 is 0 Å². The van der Waals surface area contributed by atoms with Gasteiger partial charge < -0.3 is 9.84 Å². The quantitative estimate of drug-likeness (QED) is 0.738. The number of aryl methyl sites for hydroxylation is 2. The lowest BCUT2D eigenvalue weighted by Crippen LogP contribution is -2.02. The van der Waals surface area contributed by atoms with E-state index < -0.39 is 12.6 Å². The fraction of sp³-hybridized carbons (Fsp3) is 0.158. The van der Waals surface area contributed by atoms with Crippen LogP contribution in [-0.4, -0.2) is 22.7 Å². The van der Waals surface area contributed by atoms with Gasteiger partial charge in [0.2, 0.25) is 0 Å². The first kappa shape index (κ1) is 16.8. The average Bonchev–Trinajstić information content (AvgIpc) is 2.55. The van der Waals surface area contributed by atoms with Gasteiger partial charge in [0.25, 0.3) is 0 Å². The Morgan fingerprint density at radius 1 is 1.08 bits per heavy atom. The molecule has 3 aromatic rings. The first-order valence-corrected chi connectivity index (χ1v) is 7.55. The van der Waals surface area contributed by atoms with E-state index in [1.165, 1.54) is 18.2 Å². The molecule has 0 aliphatic heterocycles. The zero-order valence-electron chi connectivity index (χ0n) is 13.6. The molecule has 0 atom stereocenters. The molecule has 0 saturated carbocycles. The maximum absolute atomic E-state index is 12.2. The van der Waals surface area contributed by atoms with Crippen LogP contribution in [0.5, 0.6) is 5.75 Å². The maximum Gasteiger partial charge on any atom is 0.387 e. The van der Waals surface area contributed by atoms with Crippen LogP contribution in [-0.2, 0) is 0 Å². The summed E-state index contributed by atoms with van der Waals surface area (Å²) in [5.41, 5.74) is 3.79. The highest BCUT2D eigenvalue weighted by Crippen LogP contribution is 2.28. The van der Waals surface area contributed by atoms with Crippen molar-refractivity contribution in [2.45, 2.75) is 20.5 Å². The number of hydrogen-bond acceptors (Lipinski definition) is 3. The number of carboxylic acid groups (broad SMARTS) is 1. The number of rotatable bonds is 4. The summed E-state index contributed by atoms with van der Waals surface area (Å²) in [6.45, 7) is 0.949. The Kier molecular flexibility index (Phi) is 4.35. The highest BCUT2D eigenvalue weighted by Gasteiger charge is 2.14. The molecule has 128 valence electrons. The van der Waals surface area contributed by atoms with Gasteiger partial charge in [0.05, 0.1) is 16.8 Å². The number of aromatic nitrogens is 1. The van der Waals surface area contributed by atoms with E-state index in [-0.39, 0.29) is 11.3 Å². The minimum absolute atomic E-state index is 0.0319. The lowest BCUT2D eigenvalue weighted by atomic mass is 10.00. The topological polar surface area (TPSA) is 59.4 Å². The van der Waals surface area contributed by atoms with Gasteiger partial charge in [-0.2, -0.15) is 8.78 Å². The summed E-state index contributed by atoms with van der Waals surface area (Å²) >= 11 is 0. The summed E-state index contributed by atoms with van der Waals surface area (Å²) in [5, 5.41) is 10.1. The first-order valence-electron chi connectivity index (χ1n) is 7.55. The van der Waals surface area contributed by atoms with Gasteiger partial charge in [0.15, 0.2) is 0 Å². The SMILES string of the molecule is Cc1cc2nc(-c3ccc(OC(F)F)cc3)cc(C(=O)O)c2cc1C. The molecule has 0 amide bonds. The van der Waals surface area contributed by atoms with Crippen molar-refractivity contribution >= 4 is 16.9 Å². The number of aromatic carboxylic acids is 1. The number of ether oxygens (including phenoxy) is 1. The Labute approximate surface area is 142 Å². The number of carbonyl (C=O) groups is 1. The van der Waals surface area contributed by atoms with Crippen molar-refractivity contribution in [1.29, 1.82) is 0 Å². The first-order chi connectivity index (χ1) is 11.8. The van der Waals surface area contributed by atoms with Crippen molar-refractivity contribution in [1.82, 2.24) is 4.98 Å². The zero-order valence-corrected chi connectivity index (χ0v) is 13.6. The number of alkyl halides is 2. The average molecular weight is 343 g/mol. The standard InChI is InChI=1S/C19H15F2NO3/c1-10-7-14-15(18(23)24)9-16(22-17(14)8-11(10)2)12-3-5-13(6-4-12)25-19(20)21/h3-9,19H,1-2H3,(H,23,24). The van der Waals surface area contributed by atoms with Crippen molar-refractivity contribution in [3.63, 3.8) is 0 Å². The smallest absolute Gasteiger partial charge is 0.387 e. The van der Waals surface area contributed by atoms with Crippen LogP contribution in [0.25, 0.3) is 22.2 Å². The predicted molar refractivity (Wildman–Crippen MR) is 90.2 cm³/mol. The van der Waals surface area contributed by atoms with Gasteiger partial charge in [-0.25, -0.2) is 9.78 Å². The molecule has 0 saturated heterocycles. The lowest BCUT2D eigenvalue weighted by molar-refractivity contribution is -0.0498. The van der Waals surface area contributed by atoms with E-state index in [4.69, 9.17) is 0 Å². The number of benzene rings is 2. The fourth-order valence-corrected chi connectivity index (χ4v) is 2.62. The highest BCUT2D eigenvalue weighted by molar-refractivity contribution is 6.04. The van der Waals surface area contributed by atoms with Crippen LogP contribution < -0.4 is 4.74 Å². The largest absolute Gasteiger partial charge is 0.478 e. The van der Waals surface area contributed by atoms with Crippen LogP contribution in [0.15, 0.2) is 42.5 Å². The molecule has 1 N–H and O–H groups in total. The van der Waals surface area contributed by atoms with Gasteiger partial charge in [-0.15, -0.1) is 0 Å². The van der Waals surface area contributed by atoms with Crippen molar-refractivity contribution in [3.05, 3.63) is 59.2 Å². The fourth-order valence-electron chi connectivity index (χ4n) is 2.62. The molecular weight excluding hydrogens is 328 g/mol. The Hall–Kier alpha value is -3.02. The minimum atomic E-state index is -2.89. The predicted octanol–water partition coefficient (Wildman–Crippen LogP) is 4.82. The van der Waals surface area contributed by atoms with Crippen LogP contribution in [0.4, 0.5) is 8.78 Å². The van der Waals surface area contributed by atoms with Crippen molar-refractivity contribution in [2.24, 2.45) is 0 Å². The van der Waals surface area contributed by atoms with E-state index in [2.05, 4.69) is 9.72 Å². The third-order valence-electron chi connectivity index (χ3n) is 4.03. The van der Waals surface area contributed by atoms with E-state index in [1.54, 1.807) is 12.1 Å². The van der Waals surface area contributed by atoms with Crippen LogP contribution >= 0.6 is 0 Å². The van der Waals surface area contributed by atoms with E-state index in [0.717, 1.165) is 11.1 Å². The molecule has 0 aliphatic rings. The summed E-state index contributed by atoms with van der Waals surface area (Å²) in [5.74, 6) is -1.01. The maximum atomic E-state index is 12.2. The van der Waals surface area contributed by atoms with Crippen LogP contribution in [0, 0.1) is 13.8 Å². The van der Waals surface area contributed by atoms with Crippen molar-refractivity contribution in [2.75, 3.05) is 0 Å². The molecule has 4 nitrogen and oxygen atoms in total. The second-order valence-electron chi connectivity index (χ2n) is 5.72. The van der Waals surface area contributed by atoms with Gasteiger partial charge in [0, 0.05) is 10.9 Å². The normalized spacial score (nSPS) is 11.1. The Bertz CT molecular complexity index is 953. The second kappa shape index (κ2) is 6.47. The molecule has 0 aliphatic carbocycles. The van der Waals surface area contributed by atoms with Gasteiger partial charge in [-0.1, -0.05) is 0 Å². The third kappa shape index (κ3) is 3.42. The molecule has 25 heavy (non-hydrogen) atoms. The Balaban J connectivity index is 2.13. The Morgan fingerprint density at radius 3 is 2.32 bits per heavy atom. The molecule has 1 aromatic heterocycles. The molecule has 6 heteroatoms. The van der Waals surface area contributed by atoms with Crippen molar-refractivity contribution < 1.29 is 23.4 Å². The summed E-state index contributed by atoms with van der Waals surface area (Å²) in [6.07, 6.45) is 0. The molecule has 0 radical (unpaired) electrons. The van der Waals surface area contributed by atoms with Crippen LogP contribution in [0.3, 0.4) is 0 Å². The summed E-state index contributed by atoms with van der Waals surface area (Å²) in [6, 6.07) is 11.1. The van der Waals surface area contributed by atoms with E-state index in [9.17, 15) is 18.7 Å². The van der Waals surface area contributed by atoms with Crippen molar-refractivity contribution in [3.8, 4) is 17.0 Å². The monoisotopic (exact) mass is 343 g/mol. The van der Waals surface area contributed by atoms with Gasteiger partial charge in [0.1, 0.15) is 5.75 Å². The number of fused-ring (bicyclic) bond motifs is 1. The molecule has 1 heterocycles.